The third-order valence-electron chi connectivity index (χ3n) is 4.21. The third kappa shape index (κ3) is 3.95. The van der Waals surface area contributed by atoms with E-state index in [4.69, 9.17) is 10.5 Å². The minimum absolute atomic E-state index is 0.124. The van der Waals surface area contributed by atoms with Gasteiger partial charge in [-0.2, -0.15) is 0 Å². The number of hydrogen-bond donors (Lipinski definition) is 2. The van der Waals surface area contributed by atoms with Gasteiger partial charge >= 0.3 is 0 Å². The van der Waals surface area contributed by atoms with Crippen molar-refractivity contribution in [2.75, 3.05) is 6.61 Å². The lowest BCUT2D eigenvalue weighted by atomic mass is 9.80. The highest BCUT2D eigenvalue weighted by atomic mass is 16.5. The summed E-state index contributed by atoms with van der Waals surface area (Å²) in [5.74, 6) is 0.124. The van der Waals surface area contributed by atoms with Crippen LogP contribution < -0.4 is 11.1 Å². The van der Waals surface area contributed by atoms with E-state index < -0.39 is 0 Å². The molecule has 0 radical (unpaired) electrons. The van der Waals surface area contributed by atoms with Gasteiger partial charge in [0.1, 0.15) is 0 Å². The van der Waals surface area contributed by atoms with Crippen molar-refractivity contribution >= 4 is 5.91 Å². The van der Waals surface area contributed by atoms with Gasteiger partial charge in [0, 0.05) is 24.6 Å². The molecular weight excluding hydrogens is 228 g/mol. The van der Waals surface area contributed by atoms with Crippen LogP contribution in [0.3, 0.4) is 0 Å². The fourth-order valence-electron chi connectivity index (χ4n) is 3.16. The van der Waals surface area contributed by atoms with E-state index in [0.717, 1.165) is 45.1 Å². The van der Waals surface area contributed by atoms with Gasteiger partial charge in [-0.3, -0.25) is 4.79 Å². The quantitative estimate of drug-likeness (QED) is 0.806. The van der Waals surface area contributed by atoms with Crippen molar-refractivity contribution < 1.29 is 9.53 Å². The summed E-state index contributed by atoms with van der Waals surface area (Å²) < 4.78 is 5.48. The SMILES string of the molecule is CC1CC(NC(=O)CC2(N)CCCCC2)CCO1. The third-order valence-corrected chi connectivity index (χ3v) is 4.21. The van der Waals surface area contributed by atoms with E-state index in [-0.39, 0.29) is 23.6 Å². The average Bonchev–Trinajstić information content (AvgIpc) is 2.28. The van der Waals surface area contributed by atoms with E-state index in [2.05, 4.69) is 12.2 Å². The molecule has 1 saturated heterocycles. The standard InChI is InChI=1S/C14H26N2O2/c1-11-9-12(5-8-18-11)16-13(17)10-14(15)6-3-2-4-7-14/h11-12H,2-10,15H2,1H3,(H,16,17). The summed E-state index contributed by atoms with van der Waals surface area (Å²) in [6.45, 7) is 2.81. The Hall–Kier alpha value is -0.610. The maximum absolute atomic E-state index is 12.1. The molecule has 2 rings (SSSR count). The van der Waals surface area contributed by atoms with Crippen LogP contribution in [0.4, 0.5) is 0 Å². The van der Waals surface area contributed by atoms with Crippen LogP contribution in [0.15, 0.2) is 0 Å². The van der Waals surface area contributed by atoms with E-state index in [9.17, 15) is 4.79 Å². The Morgan fingerprint density at radius 3 is 2.78 bits per heavy atom. The summed E-state index contributed by atoms with van der Waals surface area (Å²) in [5, 5.41) is 3.12. The average molecular weight is 254 g/mol. The molecule has 104 valence electrons. The summed E-state index contributed by atoms with van der Waals surface area (Å²) >= 11 is 0. The number of carbonyl (C=O) groups is 1. The monoisotopic (exact) mass is 254 g/mol. The van der Waals surface area contributed by atoms with Crippen molar-refractivity contribution in [2.45, 2.75) is 76.0 Å². The molecule has 2 aliphatic rings. The van der Waals surface area contributed by atoms with Crippen molar-refractivity contribution in [3.63, 3.8) is 0 Å². The highest BCUT2D eigenvalue weighted by Crippen LogP contribution is 2.28. The summed E-state index contributed by atoms with van der Waals surface area (Å²) in [6, 6.07) is 0.272. The van der Waals surface area contributed by atoms with Gasteiger partial charge in [0.25, 0.3) is 0 Å². The van der Waals surface area contributed by atoms with E-state index in [1.165, 1.54) is 6.42 Å². The van der Waals surface area contributed by atoms with E-state index in [0.29, 0.717) is 6.42 Å². The molecule has 0 aromatic rings. The second-order valence-electron chi connectivity index (χ2n) is 6.07. The number of hydrogen-bond acceptors (Lipinski definition) is 3. The molecule has 1 heterocycles. The van der Waals surface area contributed by atoms with Gasteiger partial charge in [0.2, 0.25) is 5.91 Å². The fraction of sp³-hybridized carbons (Fsp3) is 0.929. The molecule has 4 nitrogen and oxygen atoms in total. The first kappa shape index (κ1) is 13.8. The highest BCUT2D eigenvalue weighted by Gasteiger charge is 2.31. The van der Waals surface area contributed by atoms with Crippen molar-refractivity contribution in [3.05, 3.63) is 0 Å². The van der Waals surface area contributed by atoms with Crippen LogP contribution in [0.25, 0.3) is 0 Å². The van der Waals surface area contributed by atoms with Gasteiger partial charge < -0.3 is 15.8 Å². The fourth-order valence-corrected chi connectivity index (χ4v) is 3.16. The normalized spacial score (nSPS) is 31.9. The molecule has 1 aliphatic heterocycles. The molecule has 3 N–H and O–H groups in total. The number of ether oxygens (including phenoxy) is 1. The van der Waals surface area contributed by atoms with E-state index in [1.807, 2.05) is 0 Å². The molecule has 0 aromatic carbocycles. The predicted octanol–water partition coefficient (Wildman–Crippen LogP) is 1.72. The maximum Gasteiger partial charge on any atom is 0.222 e. The Morgan fingerprint density at radius 1 is 1.39 bits per heavy atom. The summed E-state index contributed by atoms with van der Waals surface area (Å²) in [7, 11) is 0. The highest BCUT2D eigenvalue weighted by molar-refractivity contribution is 5.77. The maximum atomic E-state index is 12.1. The van der Waals surface area contributed by atoms with Crippen molar-refractivity contribution in [3.8, 4) is 0 Å². The zero-order valence-electron chi connectivity index (χ0n) is 11.4. The molecule has 2 atom stereocenters. The minimum atomic E-state index is -0.251. The largest absolute Gasteiger partial charge is 0.378 e. The second kappa shape index (κ2) is 6.02. The number of nitrogens with two attached hydrogens (primary N) is 1. The molecule has 1 aliphatic carbocycles. The van der Waals surface area contributed by atoms with E-state index >= 15 is 0 Å². The Bertz CT molecular complexity index is 288. The molecule has 0 spiro atoms. The number of amides is 1. The van der Waals surface area contributed by atoms with Gasteiger partial charge in [-0.15, -0.1) is 0 Å². The van der Waals surface area contributed by atoms with Gasteiger partial charge in [-0.1, -0.05) is 19.3 Å². The lowest BCUT2D eigenvalue weighted by molar-refractivity contribution is -0.124. The van der Waals surface area contributed by atoms with Crippen molar-refractivity contribution in [1.82, 2.24) is 5.32 Å². The summed E-state index contributed by atoms with van der Waals surface area (Å²) in [6.07, 6.45) is 8.16. The minimum Gasteiger partial charge on any atom is -0.378 e. The zero-order chi connectivity index (χ0) is 13.0. The first-order chi connectivity index (χ1) is 8.57. The lowest BCUT2D eigenvalue weighted by Gasteiger charge is -2.34. The van der Waals surface area contributed by atoms with Crippen LogP contribution in [0.2, 0.25) is 0 Å². The molecule has 18 heavy (non-hydrogen) atoms. The van der Waals surface area contributed by atoms with Crippen LogP contribution in [-0.4, -0.2) is 30.2 Å². The van der Waals surface area contributed by atoms with Crippen LogP contribution in [0, 0.1) is 0 Å². The summed E-state index contributed by atoms with van der Waals surface area (Å²) in [5.41, 5.74) is 6.06. The predicted molar refractivity (Wildman–Crippen MR) is 71.2 cm³/mol. The van der Waals surface area contributed by atoms with Crippen LogP contribution in [0.5, 0.6) is 0 Å². The van der Waals surface area contributed by atoms with Gasteiger partial charge in [0.05, 0.1) is 6.10 Å². The molecule has 2 fully saturated rings. The first-order valence-corrected chi connectivity index (χ1v) is 7.27. The molecule has 1 saturated carbocycles. The number of carbonyl (C=O) groups excluding carboxylic acids is 1. The van der Waals surface area contributed by atoms with Gasteiger partial charge in [-0.05, 0) is 32.6 Å². The zero-order valence-corrected chi connectivity index (χ0v) is 11.4. The number of nitrogens with one attached hydrogen (secondary N) is 1. The van der Waals surface area contributed by atoms with Crippen molar-refractivity contribution in [2.24, 2.45) is 5.73 Å². The smallest absolute Gasteiger partial charge is 0.222 e. The molecule has 0 aromatic heterocycles. The van der Waals surface area contributed by atoms with E-state index in [1.54, 1.807) is 0 Å². The Labute approximate surface area is 110 Å². The molecule has 0 bridgehead atoms. The molecule has 2 unspecified atom stereocenters. The van der Waals surface area contributed by atoms with Crippen molar-refractivity contribution in [1.29, 1.82) is 0 Å². The topological polar surface area (TPSA) is 64.4 Å². The van der Waals surface area contributed by atoms with Crippen LogP contribution in [0.1, 0.15) is 58.3 Å². The molecular formula is C14H26N2O2. The van der Waals surface area contributed by atoms with Gasteiger partial charge in [-0.25, -0.2) is 0 Å². The Kier molecular flexibility index (Phi) is 4.62. The summed E-state index contributed by atoms with van der Waals surface area (Å²) in [4.78, 5) is 12.1. The lowest BCUT2D eigenvalue weighted by Crippen LogP contribution is -2.49. The van der Waals surface area contributed by atoms with Crippen LogP contribution in [-0.2, 0) is 9.53 Å². The number of rotatable bonds is 3. The molecule has 4 heteroatoms. The Balaban J connectivity index is 1.77. The Morgan fingerprint density at radius 2 is 2.11 bits per heavy atom. The molecule has 1 amide bonds. The first-order valence-electron chi connectivity index (χ1n) is 7.27. The van der Waals surface area contributed by atoms with Gasteiger partial charge in [0.15, 0.2) is 0 Å². The second-order valence-corrected chi connectivity index (χ2v) is 6.07. The van der Waals surface area contributed by atoms with Crippen LogP contribution >= 0.6 is 0 Å².